The first kappa shape index (κ1) is 22.0. The van der Waals surface area contributed by atoms with E-state index in [9.17, 15) is 14.7 Å². The summed E-state index contributed by atoms with van der Waals surface area (Å²) in [7, 11) is 1.22. The molecule has 0 spiro atoms. The smallest absolute Gasteiger partial charge is 0.347 e. The molecule has 0 amide bonds. The molecule has 1 N–H and O–H groups in total. The number of hydrogen-bond donors (Lipinski definition) is 1. The zero-order chi connectivity index (χ0) is 24.3. The summed E-state index contributed by atoms with van der Waals surface area (Å²) in [5.41, 5.74) is 6.98. The lowest BCUT2D eigenvalue weighted by Crippen LogP contribution is -2.33. The Hall–Kier alpha value is -3.80. The van der Waals surface area contributed by atoms with E-state index in [0.29, 0.717) is 17.8 Å². The van der Waals surface area contributed by atoms with Crippen LogP contribution in [-0.4, -0.2) is 27.3 Å². The van der Waals surface area contributed by atoms with E-state index in [4.69, 9.17) is 4.74 Å². The second-order valence-corrected chi connectivity index (χ2v) is 9.27. The van der Waals surface area contributed by atoms with Crippen LogP contribution in [0, 0.1) is 20.8 Å². The van der Waals surface area contributed by atoms with Crippen LogP contribution < -0.4 is 5.56 Å². The predicted octanol–water partition coefficient (Wildman–Crippen LogP) is 5.05. The molecule has 0 radical (unpaired) electrons. The Labute approximate surface area is 198 Å². The third kappa shape index (κ3) is 3.09. The Bertz CT molecular complexity index is 1530. The van der Waals surface area contributed by atoms with Gasteiger partial charge in [-0.1, -0.05) is 37.3 Å². The lowest BCUT2D eigenvalue weighted by molar-refractivity contribution is 0.0594. The Morgan fingerprint density at radius 2 is 1.82 bits per heavy atom. The molecule has 2 aromatic heterocycles. The first-order chi connectivity index (χ1) is 16.2. The largest absolute Gasteiger partial charge is 0.506 e. The minimum atomic E-state index is -0.826. The lowest BCUT2D eigenvalue weighted by Gasteiger charge is -2.30. The van der Waals surface area contributed by atoms with Crippen molar-refractivity contribution in [1.29, 1.82) is 0 Å². The number of aromatic hydroxyl groups is 1. The standard InChI is InChI=1S/C28H28N2O4/c1-15-11-21-20(18(4)17(15)3)12-22-25-23(16(2)13-29(21)22)26(31)24(28(33)34-5)27(32)30(25)14-19-9-7-6-8-10-19/h6-12,16,31H,13-14H2,1-5H3. The van der Waals surface area contributed by atoms with Gasteiger partial charge in [0.2, 0.25) is 0 Å². The van der Waals surface area contributed by atoms with Crippen LogP contribution in [0.5, 0.6) is 5.75 Å². The fourth-order valence-corrected chi connectivity index (χ4v) is 5.26. The topological polar surface area (TPSA) is 73.5 Å². The molecule has 6 heteroatoms. The van der Waals surface area contributed by atoms with Crippen molar-refractivity contribution in [1.82, 2.24) is 9.13 Å². The lowest BCUT2D eigenvalue weighted by atomic mass is 9.91. The molecule has 1 atom stereocenters. The quantitative estimate of drug-likeness (QED) is 0.438. The number of ether oxygens (including phenoxy) is 1. The van der Waals surface area contributed by atoms with Crippen LogP contribution in [0.2, 0.25) is 0 Å². The van der Waals surface area contributed by atoms with E-state index >= 15 is 0 Å². The van der Waals surface area contributed by atoms with Crippen LogP contribution >= 0.6 is 0 Å². The highest BCUT2D eigenvalue weighted by Crippen LogP contribution is 2.45. The number of methoxy groups -OCH3 is 1. The maximum absolute atomic E-state index is 13.7. The molecule has 0 saturated heterocycles. The van der Waals surface area contributed by atoms with Crippen LogP contribution in [0.15, 0.2) is 47.3 Å². The number of aromatic nitrogens is 2. The minimum Gasteiger partial charge on any atom is -0.506 e. The number of hydrogen-bond acceptors (Lipinski definition) is 4. The summed E-state index contributed by atoms with van der Waals surface area (Å²) in [6.07, 6.45) is 0. The molecular weight excluding hydrogens is 428 g/mol. The zero-order valence-electron chi connectivity index (χ0n) is 20.1. The molecule has 2 aromatic carbocycles. The normalized spacial score (nSPS) is 14.7. The van der Waals surface area contributed by atoms with Crippen molar-refractivity contribution < 1.29 is 14.6 Å². The van der Waals surface area contributed by atoms with E-state index in [1.54, 1.807) is 4.57 Å². The third-order valence-electron chi connectivity index (χ3n) is 7.29. The summed E-state index contributed by atoms with van der Waals surface area (Å²) in [4.78, 5) is 26.2. The highest BCUT2D eigenvalue weighted by molar-refractivity contribution is 5.95. The van der Waals surface area contributed by atoms with Gasteiger partial charge in [-0.3, -0.25) is 4.79 Å². The van der Waals surface area contributed by atoms with Gasteiger partial charge in [0.15, 0.2) is 5.56 Å². The highest BCUT2D eigenvalue weighted by Gasteiger charge is 2.34. The fourth-order valence-electron chi connectivity index (χ4n) is 5.26. The first-order valence-electron chi connectivity index (χ1n) is 11.5. The molecule has 5 rings (SSSR count). The van der Waals surface area contributed by atoms with E-state index < -0.39 is 11.5 Å². The maximum Gasteiger partial charge on any atom is 0.347 e. The van der Waals surface area contributed by atoms with Crippen molar-refractivity contribution in [2.45, 2.75) is 46.7 Å². The number of aryl methyl sites for hydroxylation is 2. The van der Waals surface area contributed by atoms with Gasteiger partial charge in [-0.05, 0) is 55.2 Å². The molecule has 0 fully saturated rings. The van der Waals surface area contributed by atoms with Gasteiger partial charge in [0, 0.05) is 28.9 Å². The summed E-state index contributed by atoms with van der Waals surface area (Å²) >= 11 is 0. The molecule has 4 aromatic rings. The third-order valence-corrected chi connectivity index (χ3v) is 7.29. The van der Waals surface area contributed by atoms with E-state index in [0.717, 1.165) is 22.2 Å². The summed E-state index contributed by atoms with van der Waals surface area (Å²) in [5.74, 6) is -1.22. The Morgan fingerprint density at radius 3 is 2.50 bits per heavy atom. The van der Waals surface area contributed by atoms with E-state index in [1.807, 2.05) is 37.3 Å². The SMILES string of the molecule is COC(=O)c1c(O)c2c(n(Cc3ccccc3)c1=O)-c1cc3c(C)c(C)c(C)cc3n1CC2C. The number of esters is 1. The van der Waals surface area contributed by atoms with Crippen LogP contribution in [0.25, 0.3) is 22.3 Å². The molecule has 6 nitrogen and oxygen atoms in total. The van der Waals surface area contributed by atoms with E-state index in [-0.39, 0.29) is 23.8 Å². The van der Waals surface area contributed by atoms with Crippen molar-refractivity contribution in [2.75, 3.05) is 7.11 Å². The number of nitrogens with zero attached hydrogens (tertiary/aromatic N) is 2. The molecule has 3 heterocycles. The van der Waals surface area contributed by atoms with Gasteiger partial charge in [-0.2, -0.15) is 0 Å². The minimum absolute atomic E-state index is 0.119. The molecular formula is C28H28N2O4. The van der Waals surface area contributed by atoms with E-state index in [2.05, 4.69) is 37.5 Å². The number of fused-ring (bicyclic) bond motifs is 5. The van der Waals surface area contributed by atoms with Crippen molar-refractivity contribution in [3.05, 3.63) is 86.2 Å². The molecule has 34 heavy (non-hydrogen) atoms. The van der Waals surface area contributed by atoms with Crippen molar-refractivity contribution in [2.24, 2.45) is 0 Å². The molecule has 0 saturated carbocycles. The maximum atomic E-state index is 13.7. The van der Waals surface area contributed by atoms with Gasteiger partial charge in [-0.25, -0.2) is 4.79 Å². The predicted molar refractivity (Wildman–Crippen MR) is 133 cm³/mol. The Balaban J connectivity index is 1.90. The second kappa shape index (κ2) is 7.90. The molecule has 0 bridgehead atoms. The van der Waals surface area contributed by atoms with Gasteiger partial charge >= 0.3 is 5.97 Å². The molecule has 1 aliphatic rings. The van der Waals surface area contributed by atoms with Gasteiger partial charge in [0.1, 0.15) is 5.75 Å². The van der Waals surface area contributed by atoms with Gasteiger partial charge < -0.3 is 19.0 Å². The average molecular weight is 457 g/mol. The van der Waals surface area contributed by atoms with Crippen LogP contribution in [-0.2, 0) is 17.8 Å². The first-order valence-corrected chi connectivity index (χ1v) is 11.5. The Morgan fingerprint density at radius 1 is 1.12 bits per heavy atom. The van der Waals surface area contributed by atoms with Crippen molar-refractivity contribution in [3.8, 4) is 17.1 Å². The van der Waals surface area contributed by atoms with Crippen LogP contribution in [0.4, 0.5) is 0 Å². The molecule has 1 unspecified atom stereocenters. The Kier molecular flexibility index (Phi) is 5.12. The molecule has 0 aliphatic carbocycles. The number of carbonyl (C=O) groups excluding carboxylic acids is 1. The van der Waals surface area contributed by atoms with Gasteiger partial charge in [0.05, 0.1) is 25.0 Å². The summed E-state index contributed by atoms with van der Waals surface area (Å²) < 4.78 is 8.72. The average Bonchev–Trinajstić information content (AvgIpc) is 3.18. The summed E-state index contributed by atoms with van der Waals surface area (Å²) in [6.45, 7) is 9.28. The van der Waals surface area contributed by atoms with Crippen LogP contribution in [0.3, 0.4) is 0 Å². The van der Waals surface area contributed by atoms with Crippen molar-refractivity contribution >= 4 is 16.9 Å². The highest BCUT2D eigenvalue weighted by atomic mass is 16.5. The monoisotopic (exact) mass is 456 g/mol. The second-order valence-electron chi connectivity index (χ2n) is 9.27. The zero-order valence-corrected chi connectivity index (χ0v) is 20.1. The summed E-state index contributed by atoms with van der Waals surface area (Å²) in [6, 6.07) is 14.0. The number of rotatable bonds is 3. The number of benzene rings is 2. The number of carbonyl (C=O) groups is 1. The number of pyridine rings is 1. The van der Waals surface area contributed by atoms with Gasteiger partial charge in [-0.15, -0.1) is 0 Å². The fraction of sp³-hybridized carbons (Fsp3) is 0.286. The van der Waals surface area contributed by atoms with Crippen LogP contribution in [0.1, 0.15) is 51.0 Å². The van der Waals surface area contributed by atoms with Crippen molar-refractivity contribution in [3.63, 3.8) is 0 Å². The van der Waals surface area contributed by atoms with E-state index in [1.165, 1.54) is 23.8 Å². The van der Waals surface area contributed by atoms with Gasteiger partial charge in [0.25, 0.3) is 5.56 Å². The summed E-state index contributed by atoms with van der Waals surface area (Å²) in [5, 5.41) is 12.3. The molecule has 1 aliphatic heterocycles. The molecule has 174 valence electrons.